The van der Waals surface area contributed by atoms with Crippen molar-refractivity contribution in [2.75, 3.05) is 0 Å². The van der Waals surface area contributed by atoms with Crippen LogP contribution in [0.25, 0.3) is 0 Å². The van der Waals surface area contributed by atoms with Crippen molar-refractivity contribution in [3.63, 3.8) is 0 Å². The van der Waals surface area contributed by atoms with Gasteiger partial charge in [-0.3, -0.25) is 0 Å². The van der Waals surface area contributed by atoms with E-state index in [9.17, 15) is 0 Å². The maximum atomic E-state index is 6.34. The first kappa shape index (κ1) is 13.0. The van der Waals surface area contributed by atoms with Crippen molar-refractivity contribution in [3.8, 4) is 0 Å². The molecule has 0 unspecified atom stereocenters. The summed E-state index contributed by atoms with van der Waals surface area (Å²) in [6, 6.07) is 0. The van der Waals surface area contributed by atoms with Gasteiger partial charge in [-0.05, 0) is 19.8 Å². The van der Waals surface area contributed by atoms with Gasteiger partial charge in [0.25, 0.3) is 0 Å². The van der Waals surface area contributed by atoms with Gasteiger partial charge in [-0.1, -0.05) is 24.6 Å². The summed E-state index contributed by atoms with van der Waals surface area (Å²) in [5.74, 6) is 0. The largest absolute Gasteiger partial charge is 0.122 e. The lowest BCUT2D eigenvalue weighted by atomic mass is 9.70. The molecule has 14 heavy (non-hydrogen) atoms. The Labute approximate surface area is 106 Å². The van der Waals surface area contributed by atoms with Crippen LogP contribution in [-0.2, 0) is 0 Å². The Morgan fingerprint density at radius 1 is 1.21 bits per heavy atom. The molecule has 1 aliphatic carbocycles. The minimum absolute atomic E-state index is 0.00757. The molecule has 0 aromatic rings. The Hall–Kier alpha value is 0.900. The summed E-state index contributed by atoms with van der Waals surface area (Å²) in [5, 5.41) is -0.0877. The molecule has 0 nitrogen and oxygen atoms in total. The van der Waals surface area contributed by atoms with E-state index in [1.807, 2.05) is 13.0 Å². The van der Waals surface area contributed by atoms with E-state index in [4.69, 9.17) is 46.4 Å². The minimum Gasteiger partial charge on any atom is -0.122 e. The van der Waals surface area contributed by atoms with Crippen molar-refractivity contribution < 1.29 is 0 Å². The van der Waals surface area contributed by atoms with E-state index in [1.54, 1.807) is 0 Å². The van der Waals surface area contributed by atoms with E-state index in [1.165, 1.54) is 5.54 Å². The Morgan fingerprint density at radius 2 is 1.79 bits per heavy atom. The SMILES string of the molecule is C[C@]1(Cl)C[C@](C)(/C=C/Cl)[C@H](Cl)C[C@@H]1Cl. The molecular weight excluding hydrogens is 262 g/mol. The summed E-state index contributed by atoms with van der Waals surface area (Å²) < 4.78 is 0. The molecule has 0 radical (unpaired) electrons. The monoisotopic (exact) mass is 274 g/mol. The van der Waals surface area contributed by atoms with Crippen LogP contribution in [0, 0.1) is 5.41 Å². The van der Waals surface area contributed by atoms with Gasteiger partial charge in [0, 0.05) is 16.3 Å². The second kappa shape index (κ2) is 4.41. The average Bonchev–Trinajstić information content (AvgIpc) is 2.01. The van der Waals surface area contributed by atoms with Crippen LogP contribution >= 0.6 is 46.4 Å². The quantitative estimate of drug-likeness (QED) is 0.606. The molecule has 4 heteroatoms. The third-order valence-corrected chi connectivity index (χ3v) is 4.92. The molecule has 1 saturated carbocycles. The molecule has 0 bridgehead atoms. The highest BCUT2D eigenvalue weighted by Gasteiger charge is 2.47. The van der Waals surface area contributed by atoms with E-state index in [-0.39, 0.29) is 16.2 Å². The Kier molecular flexibility index (Phi) is 4.09. The van der Waals surface area contributed by atoms with Crippen molar-refractivity contribution in [2.24, 2.45) is 5.41 Å². The maximum absolute atomic E-state index is 6.34. The van der Waals surface area contributed by atoms with Crippen molar-refractivity contribution in [1.82, 2.24) is 0 Å². The van der Waals surface area contributed by atoms with Gasteiger partial charge in [0.05, 0.1) is 10.3 Å². The predicted molar refractivity (Wildman–Crippen MR) is 65.9 cm³/mol. The highest BCUT2D eigenvalue weighted by Crippen LogP contribution is 2.49. The second-order valence-corrected chi connectivity index (χ2v) is 6.59. The van der Waals surface area contributed by atoms with Gasteiger partial charge in [0.2, 0.25) is 0 Å². The zero-order chi connectivity index (χ0) is 11.0. The fourth-order valence-corrected chi connectivity index (χ4v) is 3.31. The number of hydrogen-bond donors (Lipinski definition) is 0. The lowest BCUT2D eigenvalue weighted by Crippen LogP contribution is -2.47. The molecule has 0 aromatic carbocycles. The van der Waals surface area contributed by atoms with Crippen LogP contribution in [0.3, 0.4) is 0 Å². The molecule has 0 saturated heterocycles. The fourth-order valence-electron chi connectivity index (χ4n) is 1.97. The van der Waals surface area contributed by atoms with Crippen LogP contribution in [0.4, 0.5) is 0 Å². The second-order valence-electron chi connectivity index (χ2n) is 4.42. The van der Waals surface area contributed by atoms with E-state index < -0.39 is 4.87 Å². The Bertz CT molecular complexity index is 236. The van der Waals surface area contributed by atoms with Crippen LogP contribution in [0.1, 0.15) is 26.7 Å². The lowest BCUT2D eigenvalue weighted by molar-refractivity contribution is 0.253. The van der Waals surface area contributed by atoms with E-state index in [0.29, 0.717) is 6.42 Å². The topological polar surface area (TPSA) is 0 Å². The molecular formula is C10H14Cl4. The van der Waals surface area contributed by atoms with Gasteiger partial charge in [-0.15, -0.1) is 34.8 Å². The maximum Gasteiger partial charge on any atom is 0.0591 e. The molecule has 1 fully saturated rings. The van der Waals surface area contributed by atoms with Crippen molar-refractivity contribution in [1.29, 1.82) is 0 Å². The fraction of sp³-hybridized carbons (Fsp3) is 0.800. The Morgan fingerprint density at radius 3 is 2.29 bits per heavy atom. The summed E-state index contributed by atoms with van der Waals surface area (Å²) in [6.45, 7) is 4.02. The van der Waals surface area contributed by atoms with E-state index in [0.717, 1.165) is 6.42 Å². The normalized spacial score (nSPS) is 49.9. The van der Waals surface area contributed by atoms with E-state index >= 15 is 0 Å². The summed E-state index contributed by atoms with van der Waals surface area (Å²) >= 11 is 24.4. The summed E-state index contributed by atoms with van der Waals surface area (Å²) in [5.41, 5.74) is 1.35. The first-order valence-electron chi connectivity index (χ1n) is 4.57. The number of halogens is 4. The van der Waals surface area contributed by atoms with Gasteiger partial charge < -0.3 is 0 Å². The lowest BCUT2D eigenvalue weighted by Gasteiger charge is -2.45. The predicted octanol–water partition coefficient (Wildman–Crippen LogP) is 4.75. The van der Waals surface area contributed by atoms with Crippen LogP contribution < -0.4 is 0 Å². The van der Waals surface area contributed by atoms with Gasteiger partial charge in [-0.25, -0.2) is 0 Å². The van der Waals surface area contributed by atoms with Crippen molar-refractivity contribution >= 4 is 46.4 Å². The summed E-state index contributed by atoms with van der Waals surface area (Å²) in [4.78, 5) is -0.405. The molecule has 0 heterocycles. The third kappa shape index (κ3) is 2.52. The summed E-state index contributed by atoms with van der Waals surface area (Å²) in [6.07, 6.45) is 3.36. The number of allylic oxidation sites excluding steroid dienone is 1. The highest BCUT2D eigenvalue weighted by atomic mass is 35.5. The molecule has 0 aliphatic heterocycles. The van der Waals surface area contributed by atoms with Crippen LogP contribution in [0.5, 0.6) is 0 Å². The van der Waals surface area contributed by atoms with Crippen LogP contribution in [0.15, 0.2) is 11.6 Å². The Balaban J connectivity index is 2.89. The first-order chi connectivity index (χ1) is 6.32. The molecule has 0 aromatic heterocycles. The molecule has 0 amide bonds. The van der Waals surface area contributed by atoms with Gasteiger partial charge >= 0.3 is 0 Å². The molecule has 0 N–H and O–H groups in total. The van der Waals surface area contributed by atoms with Gasteiger partial charge in [-0.2, -0.15) is 0 Å². The smallest absolute Gasteiger partial charge is 0.0591 e. The van der Waals surface area contributed by atoms with Crippen LogP contribution in [0.2, 0.25) is 0 Å². The zero-order valence-corrected chi connectivity index (χ0v) is 11.3. The third-order valence-electron chi connectivity index (χ3n) is 2.95. The molecule has 82 valence electrons. The van der Waals surface area contributed by atoms with Gasteiger partial charge in [0.15, 0.2) is 0 Å². The average molecular weight is 276 g/mol. The zero-order valence-electron chi connectivity index (χ0n) is 8.24. The molecule has 0 spiro atoms. The highest BCUT2D eigenvalue weighted by molar-refractivity contribution is 6.33. The molecule has 4 atom stereocenters. The summed E-state index contributed by atoms with van der Waals surface area (Å²) in [7, 11) is 0. The van der Waals surface area contributed by atoms with Gasteiger partial charge in [0.1, 0.15) is 0 Å². The van der Waals surface area contributed by atoms with Crippen molar-refractivity contribution in [2.45, 2.75) is 42.3 Å². The van der Waals surface area contributed by atoms with Crippen LogP contribution in [-0.4, -0.2) is 15.6 Å². The number of rotatable bonds is 1. The molecule has 1 rings (SSSR count). The number of alkyl halides is 3. The van der Waals surface area contributed by atoms with Crippen molar-refractivity contribution in [3.05, 3.63) is 11.6 Å². The minimum atomic E-state index is -0.405. The standard InChI is InChI=1S/C10H14Cl4/c1-9(3-4-11)6-10(2,14)8(13)5-7(9)12/h3-4,7-8H,5-6H2,1-2H3/b4-3+/t7-,8+,9+,10+/m1/s1. The molecule has 1 aliphatic rings. The van der Waals surface area contributed by atoms with E-state index in [2.05, 4.69) is 6.92 Å². The number of hydrogen-bond acceptors (Lipinski definition) is 0. The first-order valence-corrected chi connectivity index (χ1v) is 6.25.